The first kappa shape index (κ1) is 12.4. The minimum Gasteiger partial charge on any atom is -0.369 e. The zero-order valence-electron chi connectivity index (χ0n) is 11.0. The lowest BCUT2D eigenvalue weighted by atomic mass is 9.81. The number of nitrogens with zero attached hydrogens (tertiary/aromatic N) is 3. The molecular formula is C13H24N4. The predicted molar refractivity (Wildman–Crippen MR) is 69.9 cm³/mol. The van der Waals surface area contributed by atoms with E-state index in [-0.39, 0.29) is 0 Å². The summed E-state index contributed by atoms with van der Waals surface area (Å²) in [4.78, 5) is 0. The van der Waals surface area contributed by atoms with Gasteiger partial charge in [0.15, 0.2) is 0 Å². The topological polar surface area (TPSA) is 42.7 Å². The molecule has 1 fully saturated rings. The molecule has 17 heavy (non-hydrogen) atoms. The second kappa shape index (κ2) is 6.03. The van der Waals surface area contributed by atoms with Crippen LogP contribution in [0.5, 0.6) is 0 Å². The minimum absolute atomic E-state index is 0.878. The molecule has 1 saturated carbocycles. The molecule has 1 heterocycles. The van der Waals surface area contributed by atoms with Crippen molar-refractivity contribution < 1.29 is 0 Å². The molecule has 0 bridgehead atoms. The molecule has 1 aliphatic rings. The van der Waals surface area contributed by atoms with Crippen molar-refractivity contribution in [1.29, 1.82) is 0 Å². The van der Waals surface area contributed by atoms with Gasteiger partial charge in [0.2, 0.25) is 0 Å². The van der Waals surface area contributed by atoms with Gasteiger partial charge in [0.05, 0.1) is 6.20 Å². The number of nitrogens with one attached hydrogen (secondary N) is 1. The first-order chi connectivity index (χ1) is 8.29. The van der Waals surface area contributed by atoms with Crippen molar-refractivity contribution in [3.05, 3.63) is 6.20 Å². The standard InChI is InChI=1S/C13H24N4/c1-3-17-13(10-15-16-17)14-9-8-12-6-4-11(2)5-7-12/h10-12,14H,3-9H2,1-2H3. The summed E-state index contributed by atoms with van der Waals surface area (Å²) in [5, 5.41) is 11.4. The number of aromatic nitrogens is 3. The summed E-state index contributed by atoms with van der Waals surface area (Å²) in [5.41, 5.74) is 0. The van der Waals surface area contributed by atoms with Gasteiger partial charge in [-0.05, 0) is 25.2 Å². The molecule has 1 aliphatic carbocycles. The van der Waals surface area contributed by atoms with Gasteiger partial charge < -0.3 is 5.32 Å². The molecule has 2 rings (SSSR count). The van der Waals surface area contributed by atoms with Crippen LogP contribution in [0, 0.1) is 11.8 Å². The lowest BCUT2D eigenvalue weighted by Crippen LogP contribution is -2.16. The Morgan fingerprint density at radius 1 is 1.35 bits per heavy atom. The van der Waals surface area contributed by atoms with Crippen molar-refractivity contribution in [1.82, 2.24) is 15.0 Å². The van der Waals surface area contributed by atoms with Crippen molar-refractivity contribution in [2.24, 2.45) is 11.8 Å². The zero-order valence-corrected chi connectivity index (χ0v) is 11.0. The van der Waals surface area contributed by atoms with E-state index in [2.05, 4.69) is 29.5 Å². The summed E-state index contributed by atoms with van der Waals surface area (Å²) >= 11 is 0. The van der Waals surface area contributed by atoms with Gasteiger partial charge in [-0.3, -0.25) is 0 Å². The molecule has 0 unspecified atom stereocenters. The van der Waals surface area contributed by atoms with Crippen LogP contribution < -0.4 is 5.32 Å². The molecule has 1 aromatic rings. The number of rotatable bonds is 5. The number of aryl methyl sites for hydroxylation is 1. The Bertz CT molecular complexity index is 326. The lowest BCUT2D eigenvalue weighted by Gasteiger charge is -2.26. The van der Waals surface area contributed by atoms with Crippen molar-refractivity contribution >= 4 is 5.82 Å². The summed E-state index contributed by atoms with van der Waals surface area (Å²) in [5.74, 6) is 2.92. The lowest BCUT2D eigenvalue weighted by molar-refractivity contribution is 0.281. The van der Waals surface area contributed by atoms with Gasteiger partial charge in [-0.2, -0.15) is 0 Å². The molecule has 0 atom stereocenters. The molecule has 4 nitrogen and oxygen atoms in total. The normalized spacial score (nSPS) is 24.8. The molecule has 1 aromatic heterocycles. The monoisotopic (exact) mass is 236 g/mol. The van der Waals surface area contributed by atoms with Crippen LogP contribution in [0.4, 0.5) is 5.82 Å². The van der Waals surface area contributed by atoms with E-state index in [4.69, 9.17) is 0 Å². The van der Waals surface area contributed by atoms with Gasteiger partial charge in [-0.25, -0.2) is 4.68 Å². The first-order valence-corrected chi connectivity index (χ1v) is 6.92. The molecule has 96 valence electrons. The van der Waals surface area contributed by atoms with Crippen LogP contribution >= 0.6 is 0 Å². The molecular weight excluding hydrogens is 212 g/mol. The van der Waals surface area contributed by atoms with Gasteiger partial charge in [0.25, 0.3) is 0 Å². The van der Waals surface area contributed by atoms with E-state index in [1.165, 1.54) is 32.1 Å². The van der Waals surface area contributed by atoms with Gasteiger partial charge in [0, 0.05) is 13.1 Å². The van der Waals surface area contributed by atoms with E-state index in [0.717, 1.165) is 30.7 Å². The van der Waals surface area contributed by atoms with Crippen LogP contribution in [-0.4, -0.2) is 21.5 Å². The van der Waals surface area contributed by atoms with E-state index in [9.17, 15) is 0 Å². The smallest absolute Gasteiger partial charge is 0.144 e. The molecule has 0 spiro atoms. The third-order valence-corrected chi connectivity index (χ3v) is 3.91. The highest BCUT2D eigenvalue weighted by Crippen LogP contribution is 2.30. The van der Waals surface area contributed by atoms with Crippen molar-refractivity contribution in [3.8, 4) is 0 Å². The Labute approximate surface area is 104 Å². The Morgan fingerprint density at radius 3 is 2.82 bits per heavy atom. The fourth-order valence-electron chi connectivity index (χ4n) is 2.65. The molecule has 0 aliphatic heterocycles. The Morgan fingerprint density at radius 2 is 2.12 bits per heavy atom. The van der Waals surface area contributed by atoms with Crippen LogP contribution in [0.2, 0.25) is 0 Å². The maximum absolute atomic E-state index is 4.01. The van der Waals surface area contributed by atoms with E-state index >= 15 is 0 Å². The van der Waals surface area contributed by atoms with Crippen molar-refractivity contribution in [2.75, 3.05) is 11.9 Å². The Balaban J connectivity index is 1.69. The van der Waals surface area contributed by atoms with Gasteiger partial charge >= 0.3 is 0 Å². The van der Waals surface area contributed by atoms with Gasteiger partial charge in [-0.15, -0.1) is 5.10 Å². The van der Waals surface area contributed by atoms with Crippen LogP contribution in [0.3, 0.4) is 0 Å². The Hall–Kier alpha value is -1.06. The van der Waals surface area contributed by atoms with Gasteiger partial charge in [0.1, 0.15) is 5.82 Å². The highest BCUT2D eigenvalue weighted by molar-refractivity contribution is 5.30. The molecule has 1 N–H and O–H groups in total. The van der Waals surface area contributed by atoms with E-state index < -0.39 is 0 Å². The Kier molecular flexibility index (Phi) is 4.40. The second-order valence-electron chi connectivity index (χ2n) is 5.28. The SMILES string of the molecule is CCn1nncc1NCCC1CCC(C)CC1. The van der Waals surface area contributed by atoms with Crippen molar-refractivity contribution in [3.63, 3.8) is 0 Å². The van der Waals surface area contributed by atoms with E-state index in [0.29, 0.717) is 0 Å². The summed E-state index contributed by atoms with van der Waals surface area (Å²) in [7, 11) is 0. The zero-order chi connectivity index (χ0) is 12.1. The van der Waals surface area contributed by atoms with Crippen molar-refractivity contribution in [2.45, 2.75) is 52.5 Å². The fraction of sp³-hybridized carbons (Fsp3) is 0.846. The van der Waals surface area contributed by atoms with E-state index in [1.54, 1.807) is 0 Å². The summed E-state index contributed by atoms with van der Waals surface area (Å²) in [6.45, 7) is 6.39. The maximum Gasteiger partial charge on any atom is 0.144 e. The number of anilines is 1. The van der Waals surface area contributed by atoms with Crippen LogP contribution in [0.15, 0.2) is 6.20 Å². The number of hydrogen-bond donors (Lipinski definition) is 1. The second-order valence-corrected chi connectivity index (χ2v) is 5.28. The van der Waals surface area contributed by atoms with Gasteiger partial charge in [-0.1, -0.05) is 37.8 Å². The average Bonchev–Trinajstić information content (AvgIpc) is 2.79. The third-order valence-electron chi connectivity index (χ3n) is 3.91. The van der Waals surface area contributed by atoms with Crippen LogP contribution in [-0.2, 0) is 6.54 Å². The van der Waals surface area contributed by atoms with E-state index in [1.807, 2.05) is 10.9 Å². The fourth-order valence-corrected chi connectivity index (χ4v) is 2.65. The number of hydrogen-bond acceptors (Lipinski definition) is 3. The molecule has 0 saturated heterocycles. The third kappa shape index (κ3) is 3.45. The molecule has 0 amide bonds. The summed E-state index contributed by atoms with van der Waals surface area (Å²) in [6, 6.07) is 0. The van der Waals surface area contributed by atoms with Crippen LogP contribution in [0.1, 0.15) is 46.0 Å². The minimum atomic E-state index is 0.878. The maximum atomic E-state index is 4.01. The summed E-state index contributed by atoms with van der Waals surface area (Å²) in [6.07, 6.45) is 8.74. The highest BCUT2D eigenvalue weighted by Gasteiger charge is 2.17. The molecule has 0 aromatic carbocycles. The summed E-state index contributed by atoms with van der Waals surface area (Å²) < 4.78 is 1.91. The molecule has 4 heteroatoms. The molecule has 0 radical (unpaired) electrons. The van der Waals surface area contributed by atoms with Crippen LogP contribution in [0.25, 0.3) is 0 Å². The predicted octanol–water partition coefficient (Wildman–Crippen LogP) is 2.93. The largest absolute Gasteiger partial charge is 0.369 e. The first-order valence-electron chi connectivity index (χ1n) is 6.92. The average molecular weight is 236 g/mol. The quantitative estimate of drug-likeness (QED) is 0.854. The highest BCUT2D eigenvalue weighted by atomic mass is 15.4.